The monoisotopic (exact) mass is 414 g/mol. The van der Waals surface area contributed by atoms with Crippen LogP contribution in [-0.2, 0) is 9.53 Å². The zero-order chi connectivity index (χ0) is 20.9. The van der Waals surface area contributed by atoms with E-state index in [1.165, 1.54) is 43.9 Å². The lowest BCUT2D eigenvalue weighted by Crippen LogP contribution is -2.16. The maximum atomic E-state index is 11.8. The van der Waals surface area contributed by atoms with Gasteiger partial charge in [-0.2, -0.15) is 0 Å². The number of rotatable bonds is 13. The summed E-state index contributed by atoms with van der Waals surface area (Å²) in [4.78, 5) is 12.8. The summed E-state index contributed by atoms with van der Waals surface area (Å²) in [5, 5.41) is -0.205. The van der Waals surface area contributed by atoms with Crippen LogP contribution in [0, 0.1) is 0 Å². The predicted octanol–water partition coefficient (Wildman–Crippen LogP) is 7.14. The zero-order valence-electron chi connectivity index (χ0n) is 18.0. The lowest BCUT2D eigenvalue weighted by molar-refractivity contribution is -0.142. The summed E-state index contributed by atoms with van der Waals surface area (Å²) >= 11 is 1.52. The van der Waals surface area contributed by atoms with E-state index in [1.807, 2.05) is 26.0 Å². The molecule has 0 radical (unpaired) electrons. The van der Waals surface area contributed by atoms with Gasteiger partial charge in [-0.3, -0.25) is 4.79 Å². The van der Waals surface area contributed by atoms with Crippen molar-refractivity contribution in [2.45, 2.75) is 69.4 Å². The zero-order valence-corrected chi connectivity index (χ0v) is 18.8. The molecule has 0 amide bonds. The van der Waals surface area contributed by atoms with Crippen molar-refractivity contribution in [1.82, 2.24) is 0 Å². The molecule has 0 fully saturated rings. The van der Waals surface area contributed by atoms with E-state index in [9.17, 15) is 4.79 Å². The largest absolute Gasteiger partial charge is 0.494 e. The van der Waals surface area contributed by atoms with Crippen molar-refractivity contribution in [2.24, 2.45) is 0 Å². The number of thioether (sulfide) groups is 1. The van der Waals surface area contributed by atoms with Crippen LogP contribution in [0.25, 0.3) is 11.1 Å². The molecule has 3 nitrogen and oxygen atoms in total. The van der Waals surface area contributed by atoms with Crippen molar-refractivity contribution in [3.05, 3.63) is 48.5 Å². The van der Waals surface area contributed by atoms with Gasteiger partial charge in [0, 0.05) is 4.90 Å². The molecular formula is C25H34O3S. The first kappa shape index (κ1) is 23.3. The summed E-state index contributed by atoms with van der Waals surface area (Å²) in [6.45, 7) is 7.15. The fraction of sp³-hybridized carbons (Fsp3) is 0.480. The van der Waals surface area contributed by atoms with Gasteiger partial charge >= 0.3 is 5.97 Å². The molecule has 2 aromatic carbocycles. The Labute approximate surface area is 180 Å². The highest BCUT2D eigenvalue weighted by Gasteiger charge is 2.15. The standard InChI is InChI=1S/C25H34O3S/c1-4-6-7-8-9-10-19-28-23-15-11-21(12-16-23)22-13-17-24(18-14-22)29-20(3)25(26)27-5-2/h11-18,20H,4-10,19H2,1-3H3/t20-/m1/s1. The van der Waals surface area contributed by atoms with Gasteiger partial charge in [-0.25, -0.2) is 0 Å². The highest BCUT2D eigenvalue weighted by Crippen LogP contribution is 2.28. The number of esters is 1. The van der Waals surface area contributed by atoms with Gasteiger partial charge in [-0.05, 0) is 55.7 Å². The summed E-state index contributed by atoms with van der Waals surface area (Å²) in [5.41, 5.74) is 2.31. The van der Waals surface area contributed by atoms with Crippen LogP contribution in [0.2, 0.25) is 0 Å². The smallest absolute Gasteiger partial charge is 0.319 e. The maximum absolute atomic E-state index is 11.8. The van der Waals surface area contributed by atoms with Crippen molar-refractivity contribution in [3.63, 3.8) is 0 Å². The number of benzene rings is 2. The Bertz CT molecular complexity index is 710. The molecule has 0 heterocycles. The first-order chi connectivity index (χ1) is 14.1. The Kier molecular flexibility index (Phi) is 10.7. The summed E-state index contributed by atoms with van der Waals surface area (Å²) < 4.78 is 10.9. The molecule has 0 saturated carbocycles. The average molecular weight is 415 g/mol. The molecule has 1 atom stereocenters. The van der Waals surface area contributed by atoms with Crippen molar-refractivity contribution in [1.29, 1.82) is 0 Å². The summed E-state index contributed by atoms with van der Waals surface area (Å²) in [7, 11) is 0. The Morgan fingerprint density at radius 1 is 0.862 bits per heavy atom. The molecule has 4 heteroatoms. The van der Waals surface area contributed by atoms with E-state index >= 15 is 0 Å². The molecule has 2 aromatic rings. The molecule has 0 aromatic heterocycles. The van der Waals surface area contributed by atoms with Crippen LogP contribution < -0.4 is 4.74 Å². The third kappa shape index (κ3) is 8.53. The molecule has 0 aliphatic rings. The quantitative estimate of drug-likeness (QED) is 0.198. The Balaban J connectivity index is 1.79. The van der Waals surface area contributed by atoms with Crippen LogP contribution in [-0.4, -0.2) is 24.4 Å². The molecule has 0 unspecified atom stereocenters. The van der Waals surface area contributed by atoms with Gasteiger partial charge in [0.05, 0.1) is 13.2 Å². The molecule has 158 valence electrons. The third-order valence-electron chi connectivity index (χ3n) is 4.74. The number of carbonyl (C=O) groups is 1. The third-order valence-corrected chi connectivity index (χ3v) is 5.83. The van der Waals surface area contributed by atoms with E-state index < -0.39 is 0 Å². The average Bonchev–Trinajstić information content (AvgIpc) is 2.74. The molecule has 29 heavy (non-hydrogen) atoms. The molecule has 2 rings (SSSR count). The summed E-state index contributed by atoms with van der Waals surface area (Å²) in [6, 6.07) is 16.6. The lowest BCUT2D eigenvalue weighted by Gasteiger charge is -2.11. The van der Waals surface area contributed by atoms with Gasteiger partial charge in [0.2, 0.25) is 0 Å². The molecule has 0 aliphatic heterocycles. The van der Waals surface area contributed by atoms with Gasteiger partial charge in [-0.15, -0.1) is 11.8 Å². The van der Waals surface area contributed by atoms with Gasteiger partial charge in [0.25, 0.3) is 0 Å². The van der Waals surface area contributed by atoms with Crippen LogP contribution in [0.1, 0.15) is 59.3 Å². The second-order valence-electron chi connectivity index (χ2n) is 7.18. The Morgan fingerprint density at radius 3 is 2.07 bits per heavy atom. The van der Waals surface area contributed by atoms with Crippen LogP contribution in [0.4, 0.5) is 0 Å². The first-order valence-corrected chi connectivity index (χ1v) is 11.7. The van der Waals surface area contributed by atoms with Gasteiger partial charge in [-0.1, -0.05) is 63.3 Å². The van der Waals surface area contributed by atoms with E-state index in [-0.39, 0.29) is 11.2 Å². The fourth-order valence-electron chi connectivity index (χ4n) is 3.05. The SMILES string of the molecule is CCCCCCCCOc1ccc(-c2ccc(S[C@H](C)C(=O)OCC)cc2)cc1. The summed E-state index contributed by atoms with van der Waals surface area (Å²) in [6.07, 6.45) is 7.64. The number of unbranched alkanes of at least 4 members (excludes halogenated alkanes) is 5. The minimum atomic E-state index is -0.205. The van der Waals surface area contributed by atoms with Crippen molar-refractivity contribution in [2.75, 3.05) is 13.2 Å². The number of hydrogen-bond donors (Lipinski definition) is 0. The Morgan fingerprint density at radius 2 is 1.45 bits per heavy atom. The van der Waals surface area contributed by atoms with E-state index in [0.29, 0.717) is 6.61 Å². The maximum Gasteiger partial charge on any atom is 0.319 e. The Hall–Kier alpha value is -1.94. The molecule has 0 spiro atoms. The van der Waals surface area contributed by atoms with E-state index in [0.717, 1.165) is 34.8 Å². The van der Waals surface area contributed by atoms with Crippen molar-refractivity contribution >= 4 is 17.7 Å². The number of hydrogen-bond acceptors (Lipinski definition) is 4. The number of ether oxygens (including phenoxy) is 2. The lowest BCUT2D eigenvalue weighted by atomic mass is 10.1. The van der Waals surface area contributed by atoms with E-state index in [4.69, 9.17) is 9.47 Å². The minimum Gasteiger partial charge on any atom is -0.494 e. The van der Waals surface area contributed by atoms with Crippen LogP contribution in [0.3, 0.4) is 0 Å². The normalized spacial score (nSPS) is 11.8. The van der Waals surface area contributed by atoms with E-state index in [1.54, 1.807) is 0 Å². The van der Waals surface area contributed by atoms with Crippen molar-refractivity contribution < 1.29 is 14.3 Å². The van der Waals surface area contributed by atoms with Gasteiger partial charge in [0.15, 0.2) is 0 Å². The highest BCUT2D eigenvalue weighted by atomic mass is 32.2. The van der Waals surface area contributed by atoms with Crippen LogP contribution >= 0.6 is 11.8 Å². The van der Waals surface area contributed by atoms with Gasteiger partial charge < -0.3 is 9.47 Å². The first-order valence-electron chi connectivity index (χ1n) is 10.8. The summed E-state index contributed by atoms with van der Waals surface area (Å²) in [5.74, 6) is 0.760. The second-order valence-corrected chi connectivity index (χ2v) is 8.59. The minimum absolute atomic E-state index is 0.168. The number of carbonyl (C=O) groups excluding carboxylic acids is 1. The topological polar surface area (TPSA) is 35.5 Å². The highest BCUT2D eigenvalue weighted by molar-refractivity contribution is 8.00. The molecular weight excluding hydrogens is 380 g/mol. The van der Waals surface area contributed by atoms with Crippen LogP contribution in [0.15, 0.2) is 53.4 Å². The van der Waals surface area contributed by atoms with E-state index in [2.05, 4.69) is 43.3 Å². The second kappa shape index (κ2) is 13.3. The molecule has 0 N–H and O–H groups in total. The molecule has 0 bridgehead atoms. The van der Waals surface area contributed by atoms with Crippen molar-refractivity contribution in [3.8, 4) is 16.9 Å². The van der Waals surface area contributed by atoms with Gasteiger partial charge in [0.1, 0.15) is 11.0 Å². The predicted molar refractivity (Wildman–Crippen MR) is 123 cm³/mol. The molecule has 0 saturated heterocycles. The van der Waals surface area contributed by atoms with Crippen LogP contribution in [0.5, 0.6) is 5.75 Å². The fourth-order valence-corrected chi connectivity index (χ4v) is 3.92. The molecule has 0 aliphatic carbocycles.